The van der Waals surface area contributed by atoms with Crippen molar-refractivity contribution in [1.82, 2.24) is 10.6 Å². The molecule has 4 rings (SSSR count). The normalized spacial score (nSPS) is 15.6. The predicted octanol–water partition coefficient (Wildman–Crippen LogP) is 4.57. The second kappa shape index (κ2) is 13.2. The second-order valence-electron chi connectivity index (χ2n) is 9.24. The highest BCUT2D eigenvalue weighted by Crippen LogP contribution is 2.36. The van der Waals surface area contributed by atoms with Gasteiger partial charge >= 0.3 is 12.1 Å². The number of amides is 2. The van der Waals surface area contributed by atoms with Gasteiger partial charge in [0, 0.05) is 10.0 Å². The van der Waals surface area contributed by atoms with E-state index in [1.165, 1.54) is 0 Å². The summed E-state index contributed by atoms with van der Waals surface area (Å²) >= 11 is 3.53. The van der Waals surface area contributed by atoms with E-state index < -0.39 is 24.2 Å². The van der Waals surface area contributed by atoms with E-state index in [-0.39, 0.29) is 25.0 Å². The van der Waals surface area contributed by atoms with Crippen LogP contribution in [0.2, 0.25) is 0 Å². The van der Waals surface area contributed by atoms with Crippen LogP contribution in [0.1, 0.15) is 18.1 Å². The Morgan fingerprint density at radius 2 is 1.85 bits per heavy atom. The third-order valence-electron chi connectivity index (χ3n) is 6.29. The lowest BCUT2D eigenvalue weighted by Gasteiger charge is -2.26. The molecular weight excluding hydrogens is 611 g/mol. The Morgan fingerprint density at radius 3 is 2.46 bits per heavy atom. The summed E-state index contributed by atoms with van der Waals surface area (Å²) in [6.07, 6.45) is -5.08. The number of likely N-dealkylation sites (N-methyl/N-ethyl adjacent to an activating group) is 1. The number of fused-ring (bicyclic) bond motifs is 2. The van der Waals surface area contributed by atoms with E-state index in [4.69, 9.17) is 19.4 Å². The number of carboxylic acid groups (broad SMARTS) is 1. The van der Waals surface area contributed by atoms with Crippen LogP contribution in [-0.2, 0) is 20.9 Å². The zero-order valence-corrected chi connectivity index (χ0v) is 24.2. The van der Waals surface area contributed by atoms with Crippen molar-refractivity contribution in [2.75, 3.05) is 25.7 Å². The van der Waals surface area contributed by atoms with Gasteiger partial charge in [0.25, 0.3) is 5.91 Å². The summed E-state index contributed by atoms with van der Waals surface area (Å²) in [5.41, 5.74) is 2.53. The zero-order valence-electron chi connectivity index (χ0n) is 22.6. The van der Waals surface area contributed by atoms with Crippen LogP contribution in [0.15, 0.2) is 53.0 Å². The highest BCUT2D eigenvalue weighted by molar-refractivity contribution is 9.10. The Hall–Kier alpha value is -3.84. The summed E-state index contributed by atoms with van der Waals surface area (Å²) in [5, 5.41) is 14.9. The standard InChI is InChI=1S/C26H28BrN3O4.C2HF3O2/c1-15-5-8-22-24(9-15)34-14-21(29-25(31)16(2)28-3)26(32)30(22)13-19-10-18-11-20(27)7-6-17(18)12-23(19)33-4;3-2(4,5)1(6)7/h5-12,16,21,28H,13-14H2,1-4H3,(H,29,31);(H,6,7)/t16-,21-;/m0./s1. The van der Waals surface area contributed by atoms with E-state index in [1.54, 1.807) is 26.0 Å². The summed E-state index contributed by atoms with van der Waals surface area (Å²) in [6.45, 7) is 4.03. The van der Waals surface area contributed by atoms with E-state index in [2.05, 4.69) is 26.6 Å². The lowest BCUT2D eigenvalue weighted by molar-refractivity contribution is -0.192. The topological polar surface area (TPSA) is 117 Å². The van der Waals surface area contributed by atoms with Gasteiger partial charge in [-0.15, -0.1) is 0 Å². The molecule has 1 aliphatic heterocycles. The Balaban J connectivity index is 0.000000587. The van der Waals surface area contributed by atoms with Crippen molar-refractivity contribution in [2.24, 2.45) is 0 Å². The Bertz CT molecular complexity index is 1450. The van der Waals surface area contributed by atoms with Gasteiger partial charge in [-0.2, -0.15) is 13.2 Å². The molecule has 0 spiro atoms. The largest absolute Gasteiger partial charge is 0.496 e. The van der Waals surface area contributed by atoms with E-state index in [0.717, 1.165) is 26.4 Å². The van der Waals surface area contributed by atoms with Crippen molar-refractivity contribution < 1.29 is 42.1 Å². The molecule has 0 radical (unpaired) electrons. The number of carbonyl (C=O) groups is 3. The molecule has 220 valence electrons. The van der Waals surface area contributed by atoms with Crippen molar-refractivity contribution in [3.05, 3.63) is 64.1 Å². The van der Waals surface area contributed by atoms with Gasteiger partial charge in [-0.25, -0.2) is 4.79 Å². The minimum absolute atomic E-state index is 0.0514. The summed E-state index contributed by atoms with van der Waals surface area (Å²) < 4.78 is 44.4. The molecule has 3 aromatic carbocycles. The number of methoxy groups -OCH3 is 1. The molecule has 0 fully saturated rings. The molecule has 0 saturated heterocycles. The molecule has 0 aliphatic carbocycles. The zero-order chi connectivity index (χ0) is 30.5. The van der Waals surface area contributed by atoms with Crippen LogP contribution in [0.5, 0.6) is 11.5 Å². The van der Waals surface area contributed by atoms with Gasteiger partial charge in [-0.3, -0.25) is 9.59 Å². The van der Waals surface area contributed by atoms with Gasteiger partial charge in [0.15, 0.2) is 0 Å². The fourth-order valence-corrected chi connectivity index (χ4v) is 4.36. The Labute approximate surface area is 242 Å². The third-order valence-corrected chi connectivity index (χ3v) is 6.78. The quantitative estimate of drug-likeness (QED) is 0.362. The minimum Gasteiger partial charge on any atom is -0.496 e. The van der Waals surface area contributed by atoms with Crippen LogP contribution in [0.4, 0.5) is 18.9 Å². The number of rotatable bonds is 6. The number of carbonyl (C=O) groups excluding carboxylic acids is 2. The number of carboxylic acids is 1. The summed E-state index contributed by atoms with van der Waals surface area (Å²) in [4.78, 5) is 36.8. The number of ether oxygens (including phenoxy) is 2. The summed E-state index contributed by atoms with van der Waals surface area (Å²) in [7, 11) is 3.32. The molecule has 41 heavy (non-hydrogen) atoms. The fourth-order valence-electron chi connectivity index (χ4n) is 3.98. The number of anilines is 1. The molecule has 0 bridgehead atoms. The van der Waals surface area contributed by atoms with Crippen molar-refractivity contribution >= 4 is 50.2 Å². The minimum atomic E-state index is -5.08. The van der Waals surface area contributed by atoms with Crippen LogP contribution < -0.4 is 25.0 Å². The molecule has 0 unspecified atom stereocenters. The summed E-state index contributed by atoms with van der Waals surface area (Å²) in [6, 6.07) is 14.5. The maximum atomic E-state index is 13.7. The van der Waals surface area contributed by atoms with Gasteiger partial charge in [-0.05, 0) is 73.6 Å². The highest BCUT2D eigenvalue weighted by atomic mass is 79.9. The molecule has 1 heterocycles. The number of halogens is 4. The van der Waals surface area contributed by atoms with Crippen molar-refractivity contribution in [2.45, 2.75) is 38.7 Å². The second-order valence-corrected chi connectivity index (χ2v) is 10.2. The molecule has 2 amide bonds. The molecule has 0 saturated carbocycles. The molecule has 3 aromatic rings. The molecule has 1 aliphatic rings. The number of aryl methyl sites for hydroxylation is 1. The number of nitrogens with one attached hydrogen (secondary N) is 2. The number of aliphatic carboxylic acids is 1. The lowest BCUT2D eigenvalue weighted by Crippen LogP contribution is -2.53. The SMILES string of the molecule is CN[C@@H](C)C(=O)N[C@H]1COc2cc(C)ccc2N(Cc2cc3cc(Br)ccc3cc2OC)C1=O.O=C(O)C(F)(F)F. The number of benzene rings is 3. The van der Waals surface area contributed by atoms with Crippen molar-refractivity contribution in [3.8, 4) is 11.5 Å². The highest BCUT2D eigenvalue weighted by Gasteiger charge is 2.38. The molecule has 3 N–H and O–H groups in total. The lowest BCUT2D eigenvalue weighted by atomic mass is 10.0. The Kier molecular flexibility index (Phi) is 10.2. The van der Waals surface area contributed by atoms with E-state index in [0.29, 0.717) is 17.2 Å². The van der Waals surface area contributed by atoms with Gasteiger partial charge in [0.2, 0.25) is 5.91 Å². The number of hydrogen-bond donors (Lipinski definition) is 3. The number of hydrogen-bond acceptors (Lipinski definition) is 6. The molecule has 2 atom stereocenters. The van der Waals surface area contributed by atoms with E-state index in [1.807, 2.05) is 55.5 Å². The molecule has 0 aromatic heterocycles. The van der Waals surface area contributed by atoms with Crippen molar-refractivity contribution in [1.29, 1.82) is 0 Å². The number of alkyl halides is 3. The monoisotopic (exact) mass is 639 g/mol. The van der Waals surface area contributed by atoms with Crippen LogP contribution in [-0.4, -0.2) is 61.9 Å². The van der Waals surface area contributed by atoms with Gasteiger partial charge in [-0.1, -0.05) is 28.1 Å². The average molecular weight is 640 g/mol. The van der Waals surface area contributed by atoms with Crippen LogP contribution in [0.3, 0.4) is 0 Å². The van der Waals surface area contributed by atoms with Crippen molar-refractivity contribution in [3.63, 3.8) is 0 Å². The van der Waals surface area contributed by atoms with Crippen LogP contribution in [0.25, 0.3) is 10.8 Å². The fraction of sp³-hybridized carbons (Fsp3) is 0.321. The number of nitrogens with zero attached hydrogens (tertiary/aromatic N) is 1. The van der Waals surface area contributed by atoms with E-state index >= 15 is 0 Å². The van der Waals surface area contributed by atoms with Crippen LogP contribution in [0, 0.1) is 6.92 Å². The Morgan fingerprint density at radius 1 is 1.17 bits per heavy atom. The predicted molar refractivity (Wildman–Crippen MR) is 150 cm³/mol. The molecule has 9 nitrogen and oxygen atoms in total. The maximum absolute atomic E-state index is 13.7. The first-order valence-electron chi connectivity index (χ1n) is 12.3. The van der Waals surface area contributed by atoms with Gasteiger partial charge in [0.1, 0.15) is 24.1 Å². The average Bonchev–Trinajstić information content (AvgIpc) is 3.03. The van der Waals surface area contributed by atoms with Gasteiger partial charge in [0.05, 0.1) is 25.4 Å². The third kappa shape index (κ3) is 7.88. The summed E-state index contributed by atoms with van der Waals surface area (Å²) in [5.74, 6) is -1.97. The molecular formula is C28H29BrF3N3O6. The smallest absolute Gasteiger partial charge is 0.490 e. The van der Waals surface area contributed by atoms with Crippen LogP contribution >= 0.6 is 15.9 Å². The molecule has 13 heteroatoms. The first kappa shape index (κ1) is 31.7. The first-order valence-corrected chi connectivity index (χ1v) is 13.1. The van der Waals surface area contributed by atoms with Gasteiger partial charge < -0.3 is 30.1 Å². The van der Waals surface area contributed by atoms with E-state index in [9.17, 15) is 22.8 Å². The maximum Gasteiger partial charge on any atom is 0.490 e. The first-order chi connectivity index (χ1) is 19.2.